The summed E-state index contributed by atoms with van der Waals surface area (Å²) in [6, 6.07) is 27.2. The van der Waals surface area contributed by atoms with Gasteiger partial charge < -0.3 is 14.6 Å². The molecular weight excluding hydrogens is 456 g/mol. The molecule has 0 aromatic heterocycles. The molecule has 0 aliphatic heterocycles. The number of benzene rings is 3. The number of hydrogen-bond donors (Lipinski definition) is 1. The maximum absolute atomic E-state index is 12.2. The Morgan fingerprint density at radius 2 is 1.62 bits per heavy atom. The van der Waals surface area contributed by atoms with E-state index in [2.05, 4.69) is 68.1 Å². The molecule has 0 radical (unpaired) electrons. The van der Waals surface area contributed by atoms with E-state index in [4.69, 9.17) is 9.47 Å². The van der Waals surface area contributed by atoms with E-state index in [9.17, 15) is 5.11 Å². The summed E-state index contributed by atoms with van der Waals surface area (Å²) < 4.78 is 12.7. The number of rotatable bonds is 7. The van der Waals surface area contributed by atoms with Gasteiger partial charge in [-0.2, -0.15) is 0 Å². The van der Waals surface area contributed by atoms with Crippen molar-refractivity contribution >= 4 is 0 Å². The maximum atomic E-state index is 12.2. The average molecular weight is 495 g/mol. The highest BCUT2D eigenvalue weighted by atomic mass is 16.5. The maximum Gasteiger partial charge on any atom is 0.120 e. The minimum Gasteiger partial charge on any atom is -0.489 e. The lowest BCUT2D eigenvalue weighted by molar-refractivity contribution is -0.133. The van der Waals surface area contributed by atoms with E-state index in [0.29, 0.717) is 31.5 Å². The molecule has 192 valence electrons. The summed E-state index contributed by atoms with van der Waals surface area (Å²) in [5.41, 5.74) is 3.95. The third-order valence-electron chi connectivity index (χ3n) is 9.56. The summed E-state index contributed by atoms with van der Waals surface area (Å²) in [6.45, 7) is 7.70. The van der Waals surface area contributed by atoms with Gasteiger partial charge in [0, 0.05) is 5.92 Å². The Hall–Kier alpha value is -2.88. The molecule has 0 unspecified atom stereocenters. The Morgan fingerprint density at radius 3 is 2.32 bits per heavy atom. The van der Waals surface area contributed by atoms with Gasteiger partial charge in [0.1, 0.15) is 12.4 Å². The molecule has 3 aromatic rings. The number of hydrogen-bond acceptors (Lipinski definition) is 3. The van der Waals surface area contributed by atoms with Crippen molar-refractivity contribution in [3.8, 4) is 5.75 Å². The van der Waals surface area contributed by atoms with Crippen molar-refractivity contribution in [3.05, 3.63) is 114 Å². The van der Waals surface area contributed by atoms with Crippen LogP contribution in [0.2, 0.25) is 0 Å². The molecule has 6 atom stereocenters. The molecular formula is C34H38O3. The highest BCUT2D eigenvalue weighted by Gasteiger charge is 2.62. The fraction of sp³-hybridized carbons (Fsp3) is 0.412. The van der Waals surface area contributed by atoms with E-state index in [1.165, 1.54) is 16.7 Å². The number of fused-ring (bicyclic) bond motifs is 5. The van der Waals surface area contributed by atoms with Crippen LogP contribution in [0.25, 0.3) is 0 Å². The molecule has 37 heavy (non-hydrogen) atoms. The van der Waals surface area contributed by atoms with Crippen LogP contribution in [-0.4, -0.2) is 16.8 Å². The monoisotopic (exact) mass is 494 g/mol. The van der Waals surface area contributed by atoms with Crippen LogP contribution in [0, 0.1) is 17.3 Å². The quantitative estimate of drug-likeness (QED) is 0.352. The lowest BCUT2D eigenvalue weighted by Crippen LogP contribution is -2.56. The Morgan fingerprint density at radius 1 is 0.919 bits per heavy atom. The van der Waals surface area contributed by atoms with Crippen molar-refractivity contribution in [2.24, 2.45) is 17.3 Å². The summed E-state index contributed by atoms with van der Waals surface area (Å²) in [5.74, 6) is 1.94. The Labute approximate surface area is 221 Å². The standard InChI is InChI=1S/C34H38O3/c1-3-34(35)23-33(2)30(18-19-31(33)37-22-25-12-8-5-9-13-25)29-16-14-26-20-27(15-17-28(26)32(29)34)36-21-24-10-6-4-7-11-24/h3-13,15,17,20,29-32,35H,1,14,16,18-19,21-23H2,2H3/t29-,30-,31-,32+,33-,34-/m0/s1. The van der Waals surface area contributed by atoms with E-state index < -0.39 is 5.60 Å². The third kappa shape index (κ3) is 4.43. The average Bonchev–Trinajstić information content (AvgIpc) is 3.26. The molecule has 2 fully saturated rings. The molecule has 3 aromatic carbocycles. The largest absolute Gasteiger partial charge is 0.489 e. The molecule has 6 rings (SSSR count). The Balaban J connectivity index is 1.23. The second kappa shape index (κ2) is 9.78. The van der Waals surface area contributed by atoms with Gasteiger partial charge in [0.25, 0.3) is 0 Å². The van der Waals surface area contributed by atoms with Crippen molar-refractivity contribution in [1.82, 2.24) is 0 Å². The van der Waals surface area contributed by atoms with Gasteiger partial charge in [0.05, 0.1) is 18.3 Å². The van der Waals surface area contributed by atoms with E-state index in [1.54, 1.807) is 0 Å². The molecule has 0 spiro atoms. The minimum absolute atomic E-state index is 0.0604. The zero-order chi connectivity index (χ0) is 25.5. The predicted molar refractivity (Wildman–Crippen MR) is 147 cm³/mol. The molecule has 0 bridgehead atoms. The van der Waals surface area contributed by atoms with Crippen LogP contribution >= 0.6 is 0 Å². The molecule has 3 nitrogen and oxygen atoms in total. The van der Waals surface area contributed by atoms with Crippen LogP contribution in [0.5, 0.6) is 5.75 Å². The van der Waals surface area contributed by atoms with E-state index in [0.717, 1.165) is 37.0 Å². The second-order valence-corrected chi connectivity index (χ2v) is 11.7. The summed E-state index contributed by atoms with van der Waals surface area (Å²) in [6.07, 6.45) is 7.01. The van der Waals surface area contributed by atoms with Gasteiger partial charge in [0.15, 0.2) is 0 Å². The smallest absolute Gasteiger partial charge is 0.120 e. The minimum atomic E-state index is -0.948. The Bertz CT molecular complexity index is 1240. The van der Waals surface area contributed by atoms with Gasteiger partial charge in [-0.05, 0) is 83.7 Å². The lowest BCUT2D eigenvalue weighted by atomic mass is 9.50. The summed E-state index contributed by atoms with van der Waals surface area (Å²) in [5, 5.41) is 12.2. The molecule has 1 N–H and O–H groups in total. The summed E-state index contributed by atoms with van der Waals surface area (Å²) in [7, 11) is 0. The fourth-order valence-corrected chi connectivity index (χ4v) is 7.87. The second-order valence-electron chi connectivity index (χ2n) is 11.7. The Kier molecular flexibility index (Phi) is 6.46. The molecule has 2 saturated carbocycles. The van der Waals surface area contributed by atoms with Gasteiger partial charge in [0.2, 0.25) is 0 Å². The first-order valence-corrected chi connectivity index (χ1v) is 13.8. The van der Waals surface area contributed by atoms with Gasteiger partial charge in [-0.3, -0.25) is 0 Å². The molecule has 0 saturated heterocycles. The molecule has 3 heteroatoms. The van der Waals surface area contributed by atoms with Crippen molar-refractivity contribution in [2.75, 3.05) is 0 Å². The topological polar surface area (TPSA) is 38.7 Å². The molecule has 0 amide bonds. The molecule has 0 heterocycles. The van der Waals surface area contributed by atoms with Crippen LogP contribution in [0.15, 0.2) is 91.5 Å². The van der Waals surface area contributed by atoms with E-state index in [1.807, 2.05) is 30.3 Å². The van der Waals surface area contributed by atoms with Gasteiger partial charge in [-0.1, -0.05) is 79.7 Å². The first-order chi connectivity index (χ1) is 18.0. The van der Waals surface area contributed by atoms with Gasteiger partial charge >= 0.3 is 0 Å². The van der Waals surface area contributed by atoms with Crippen molar-refractivity contribution in [2.45, 2.75) is 69.9 Å². The first-order valence-electron chi connectivity index (χ1n) is 13.8. The van der Waals surface area contributed by atoms with E-state index >= 15 is 0 Å². The zero-order valence-electron chi connectivity index (χ0n) is 21.8. The number of aryl methyl sites for hydroxylation is 1. The first kappa shape index (κ1) is 24.5. The van der Waals surface area contributed by atoms with Crippen molar-refractivity contribution in [1.29, 1.82) is 0 Å². The van der Waals surface area contributed by atoms with Crippen molar-refractivity contribution < 1.29 is 14.6 Å². The molecule has 3 aliphatic rings. The SMILES string of the molecule is C=C[C@]1(O)C[C@]2(C)[C@@H](OCc3ccccc3)CC[C@H]2[C@@H]2CCc3cc(OCc4ccccc4)ccc3[C@H]21. The van der Waals surface area contributed by atoms with Gasteiger partial charge in [-0.25, -0.2) is 0 Å². The van der Waals surface area contributed by atoms with E-state index in [-0.39, 0.29) is 17.4 Å². The summed E-state index contributed by atoms with van der Waals surface area (Å²) in [4.78, 5) is 0. The van der Waals surface area contributed by atoms with Crippen LogP contribution in [0.3, 0.4) is 0 Å². The fourth-order valence-electron chi connectivity index (χ4n) is 7.87. The molecule has 3 aliphatic carbocycles. The van der Waals surface area contributed by atoms with Crippen LogP contribution in [0.1, 0.15) is 60.8 Å². The van der Waals surface area contributed by atoms with Crippen LogP contribution in [0.4, 0.5) is 0 Å². The third-order valence-corrected chi connectivity index (χ3v) is 9.56. The van der Waals surface area contributed by atoms with Crippen LogP contribution < -0.4 is 4.74 Å². The highest BCUT2D eigenvalue weighted by molar-refractivity contribution is 5.44. The number of aliphatic hydroxyl groups is 1. The van der Waals surface area contributed by atoms with Crippen molar-refractivity contribution in [3.63, 3.8) is 0 Å². The van der Waals surface area contributed by atoms with Crippen LogP contribution in [-0.2, 0) is 24.4 Å². The zero-order valence-corrected chi connectivity index (χ0v) is 21.8. The summed E-state index contributed by atoms with van der Waals surface area (Å²) >= 11 is 0. The highest BCUT2D eigenvalue weighted by Crippen LogP contribution is 2.64. The normalized spacial score (nSPS) is 32.2. The van der Waals surface area contributed by atoms with Gasteiger partial charge in [-0.15, -0.1) is 6.58 Å². The number of ether oxygens (including phenoxy) is 2. The predicted octanol–water partition coefficient (Wildman–Crippen LogP) is 7.23. The lowest BCUT2D eigenvalue weighted by Gasteiger charge is -2.57.